The van der Waals surface area contributed by atoms with Gasteiger partial charge in [-0.2, -0.15) is 0 Å². The van der Waals surface area contributed by atoms with E-state index in [0.29, 0.717) is 22.0 Å². The molecule has 1 N–H and O–H groups in total. The normalized spacial score (nSPS) is 13.5. The number of amides is 1. The summed E-state index contributed by atoms with van der Waals surface area (Å²) in [6.45, 7) is 0.481. The van der Waals surface area contributed by atoms with Crippen LogP contribution in [0.4, 0.5) is 4.39 Å². The highest BCUT2D eigenvalue weighted by Crippen LogP contribution is 2.36. The molecule has 8 heteroatoms. The van der Waals surface area contributed by atoms with Crippen molar-refractivity contribution in [2.24, 2.45) is 0 Å². The maximum Gasteiger partial charge on any atom is 0.346 e. The molecule has 1 amide bonds. The number of carbonyl (C=O) groups is 1. The molecule has 0 saturated heterocycles. The van der Waals surface area contributed by atoms with E-state index in [9.17, 15) is 14.0 Å². The molecule has 4 rings (SSSR count). The molecule has 3 aromatic rings. The predicted octanol–water partition coefficient (Wildman–Crippen LogP) is 3.27. The zero-order valence-electron chi connectivity index (χ0n) is 14.9. The van der Waals surface area contributed by atoms with Crippen LogP contribution in [0.15, 0.2) is 53.3 Å². The molecule has 0 bridgehead atoms. The van der Waals surface area contributed by atoms with Crippen molar-refractivity contribution in [3.05, 3.63) is 75.4 Å². The molecule has 1 saturated carbocycles. The van der Waals surface area contributed by atoms with Gasteiger partial charge in [-0.05, 0) is 55.3 Å². The lowest BCUT2D eigenvalue weighted by molar-refractivity contribution is 0.0951. The highest BCUT2D eigenvalue weighted by Gasteiger charge is 2.30. The van der Waals surface area contributed by atoms with Gasteiger partial charge in [-0.1, -0.05) is 17.7 Å². The Morgan fingerprint density at radius 1 is 1.21 bits per heavy atom. The fourth-order valence-electron chi connectivity index (χ4n) is 3.03. The molecule has 1 aliphatic rings. The SMILES string of the molecule is O=C(NCCn1nc(-c2ccc(F)cc2)n(C2CC2)c1=O)c1cccc(Cl)c1. The Labute approximate surface area is 165 Å². The van der Waals surface area contributed by atoms with Gasteiger partial charge in [0.2, 0.25) is 0 Å². The summed E-state index contributed by atoms with van der Waals surface area (Å²) in [5, 5.41) is 7.68. The molecule has 1 aliphatic carbocycles. The van der Waals surface area contributed by atoms with Gasteiger partial charge in [0.1, 0.15) is 5.82 Å². The van der Waals surface area contributed by atoms with Crippen LogP contribution >= 0.6 is 11.6 Å². The van der Waals surface area contributed by atoms with Crippen LogP contribution in [0.3, 0.4) is 0 Å². The van der Waals surface area contributed by atoms with Gasteiger partial charge < -0.3 is 5.32 Å². The highest BCUT2D eigenvalue weighted by atomic mass is 35.5. The van der Waals surface area contributed by atoms with Crippen LogP contribution in [0.2, 0.25) is 5.02 Å². The monoisotopic (exact) mass is 400 g/mol. The number of halogens is 2. The zero-order chi connectivity index (χ0) is 19.7. The van der Waals surface area contributed by atoms with Crippen molar-refractivity contribution < 1.29 is 9.18 Å². The lowest BCUT2D eigenvalue weighted by Gasteiger charge is -2.05. The fourth-order valence-corrected chi connectivity index (χ4v) is 3.22. The first-order valence-corrected chi connectivity index (χ1v) is 9.40. The van der Waals surface area contributed by atoms with Gasteiger partial charge in [0.25, 0.3) is 5.91 Å². The first-order chi connectivity index (χ1) is 13.5. The first-order valence-electron chi connectivity index (χ1n) is 9.02. The van der Waals surface area contributed by atoms with Crippen LogP contribution in [0.1, 0.15) is 29.2 Å². The summed E-state index contributed by atoms with van der Waals surface area (Å²) in [4.78, 5) is 25.0. The quantitative estimate of drug-likeness (QED) is 0.690. The molecule has 0 spiro atoms. The Bertz CT molecular complexity index is 1070. The van der Waals surface area contributed by atoms with Crippen molar-refractivity contribution in [2.45, 2.75) is 25.4 Å². The van der Waals surface area contributed by atoms with Crippen LogP contribution in [0, 0.1) is 5.82 Å². The Kier molecular flexibility index (Phi) is 5.00. The number of aromatic nitrogens is 3. The minimum Gasteiger partial charge on any atom is -0.350 e. The highest BCUT2D eigenvalue weighted by molar-refractivity contribution is 6.30. The second kappa shape index (κ2) is 7.59. The molecule has 1 aromatic heterocycles. The number of hydrogen-bond acceptors (Lipinski definition) is 3. The van der Waals surface area contributed by atoms with Crippen LogP contribution in [0.5, 0.6) is 0 Å². The van der Waals surface area contributed by atoms with Gasteiger partial charge >= 0.3 is 5.69 Å². The van der Waals surface area contributed by atoms with Gasteiger partial charge in [0, 0.05) is 28.7 Å². The number of carbonyl (C=O) groups excluding carboxylic acids is 1. The van der Waals surface area contributed by atoms with E-state index < -0.39 is 0 Å². The molecular formula is C20H18ClFN4O2. The maximum absolute atomic E-state index is 13.2. The lowest BCUT2D eigenvalue weighted by Crippen LogP contribution is -2.32. The Hall–Kier alpha value is -2.93. The van der Waals surface area contributed by atoms with E-state index >= 15 is 0 Å². The summed E-state index contributed by atoms with van der Waals surface area (Å²) in [5.41, 5.74) is 0.918. The topological polar surface area (TPSA) is 68.9 Å². The smallest absolute Gasteiger partial charge is 0.346 e. The molecule has 0 unspecified atom stereocenters. The molecule has 2 aromatic carbocycles. The minimum absolute atomic E-state index is 0.127. The molecule has 1 heterocycles. The third kappa shape index (κ3) is 3.84. The number of benzene rings is 2. The molecule has 0 atom stereocenters. The average molecular weight is 401 g/mol. The maximum atomic E-state index is 13.2. The van der Waals surface area contributed by atoms with E-state index in [0.717, 1.165) is 12.8 Å². The van der Waals surface area contributed by atoms with Crippen molar-refractivity contribution in [3.8, 4) is 11.4 Å². The van der Waals surface area contributed by atoms with Gasteiger partial charge in [-0.15, -0.1) is 5.10 Å². The Morgan fingerprint density at radius 2 is 1.96 bits per heavy atom. The summed E-state index contributed by atoms with van der Waals surface area (Å²) >= 11 is 5.90. The lowest BCUT2D eigenvalue weighted by atomic mass is 10.2. The van der Waals surface area contributed by atoms with Crippen molar-refractivity contribution in [2.75, 3.05) is 6.54 Å². The van der Waals surface area contributed by atoms with Crippen molar-refractivity contribution in [3.63, 3.8) is 0 Å². The summed E-state index contributed by atoms with van der Waals surface area (Å²) < 4.78 is 16.2. The first kappa shape index (κ1) is 18.4. The summed E-state index contributed by atoms with van der Waals surface area (Å²) in [5.74, 6) is -0.0863. The largest absolute Gasteiger partial charge is 0.350 e. The fraction of sp³-hybridized carbons (Fsp3) is 0.250. The van der Waals surface area contributed by atoms with Crippen molar-refractivity contribution in [1.82, 2.24) is 19.7 Å². The van der Waals surface area contributed by atoms with Crippen molar-refractivity contribution in [1.29, 1.82) is 0 Å². The number of nitrogens with one attached hydrogen (secondary N) is 1. The van der Waals surface area contributed by atoms with Gasteiger partial charge in [-0.25, -0.2) is 13.9 Å². The van der Waals surface area contributed by atoms with Crippen LogP contribution < -0.4 is 11.0 Å². The molecule has 28 heavy (non-hydrogen) atoms. The molecule has 0 aliphatic heterocycles. The van der Waals surface area contributed by atoms with Gasteiger partial charge in [0.15, 0.2) is 5.82 Å². The average Bonchev–Trinajstić information content (AvgIpc) is 3.47. The Balaban J connectivity index is 1.51. The van der Waals surface area contributed by atoms with E-state index in [4.69, 9.17) is 11.6 Å². The third-order valence-electron chi connectivity index (χ3n) is 4.58. The third-order valence-corrected chi connectivity index (χ3v) is 4.82. The van der Waals surface area contributed by atoms with E-state index in [2.05, 4.69) is 10.4 Å². The molecule has 6 nitrogen and oxygen atoms in total. The number of hydrogen-bond donors (Lipinski definition) is 1. The second-order valence-electron chi connectivity index (χ2n) is 6.70. The van der Waals surface area contributed by atoms with Crippen molar-refractivity contribution >= 4 is 17.5 Å². The number of nitrogens with zero attached hydrogens (tertiary/aromatic N) is 3. The summed E-state index contributed by atoms with van der Waals surface area (Å²) in [7, 11) is 0. The predicted molar refractivity (Wildman–Crippen MR) is 104 cm³/mol. The number of rotatable bonds is 6. The standard InChI is InChI=1S/C20H18ClFN4O2/c21-15-3-1-2-14(12-15)19(27)23-10-11-25-20(28)26(17-8-9-17)18(24-25)13-4-6-16(22)7-5-13/h1-7,12,17H,8-11H2,(H,23,27). The zero-order valence-corrected chi connectivity index (χ0v) is 15.7. The van der Waals surface area contributed by atoms with E-state index in [-0.39, 0.29) is 36.5 Å². The molecule has 0 radical (unpaired) electrons. The van der Waals surface area contributed by atoms with Crippen LogP contribution in [0.25, 0.3) is 11.4 Å². The molecule has 1 fully saturated rings. The second-order valence-corrected chi connectivity index (χ2v) is 7.14. The molecular weight excluding hydrogens is 383 g/mol. The van der Waals surface area contributed by atoms with Crippen LogP contribution in [-0.2, 0) is 6.54 Å². The van der Waals surface area contributed by atoms with Gasteiger partial charge in [0.05, 0.1) is 6.54 Å². The minimum atomic E-state index is -0.341. The van der Waals surface area contributed by atoms with E-state index in [1.807, 2.05) is 0 Å². The summed E-state index contributed by atoms with van der Waals surface area (Å²) in [6.07, 6.45) is 1.84. The van der Waals surface area contributed by atoms with Crippen LogP contribution in [-0.4, -0.2) is 26.8 Å². The van der Waals surface area contributed by atoms with E-state index in [1.54, 1.807) is 41.0 Å². The summed E-state index contributed by atoms with van der Waals surface area (Å²) in [6, 6.07) is 12.7. The van der Waals surface area contributed by atoms with Gasteiger partial charge in [-0.3, -0.25) is 9.36 Å². The Morgan fingerprint density at radius 3 is 2.64 bits per heavy atom. The van der Waals surface area contributed by atoms with E-state index in [1.165, 1.54) is 16.8 Å². The molecule has 144 valence electrons.